The van der Waals surface area contributed by atoms with E-state index < -0.39 is 24.3 Å². The lowest BCUT2D eigenvalue weighted by Gasteiger charge is -2.21. The molecule has 0 N–H and O–H groups in total. The predicted molar refractivity (Wildman–Crippen MR) is 59.3 cm³/mol. The van der Waals surface area contributed by atoms with Gasteiger partial charge in [-0.15, -0.1) is 11.3 Å². The van der Waals surface area contributed by atoms with Gasteiger partial charge in [-0.05, 0) is 17.9 Å². The van der Waals surface area contributed by atoms with Crippen molar-refractivity contribution in [1.82, 2.24) is 0 Å². The van der Waals surface area contributed by atoms with Crippen LogP contribution in [0.25, 0.3) is 0 Å². The van der Waals surface area contributed by atoms with Crippen molar-refractivity contribution in [2.45, 2.75) is 11.0 Å². The molecule has 1 aromatic heterocycles. The second kappa shape index (κ2) is 3.57. The summed E-state index contributed by atoms with van der Waals surface area (Å²) in [6.45, 7) is 0. The molecule has 0 aliphatic carbocycles. The maximum atomic E-state index is 11.7. The van der Waals surface area contributed by atoms with Gasteiger partial charge in [0.05, 0.1) is 11.5 Å². The zero-order chi connectivity index (χ0) is 11.1. The molecule has 2 heterocycles. The lowest BCUT2D eigenvalue weighted by Crippen LogP contribution is -2.32. The van der Waals surface area contributed by atoms with Crippen molar-refractivity contribution < 1.29 is 16.8 Å². The van der Waals surface area contributed by atoms with Gasteiger partial charge in [-0.2, -0.15) is 0 Å². The zero-order valence-electron chi connectivity index (χ0n) is 7.79. The van der Waals surface area contributed by atoms with Gasteiger partial charge in [-0.3, -0.25) is 0 Å². The van der Waals surface area contributed by atoms with Gasteiger partial charge in [0.1, 0.15) is 0 Å². The van der Waals surface area contributed by atoms with Crippen LogP contribution in [0.2, 0.25) is 0 Å². The maximum Gasteiger partial charge on any atom is 0.196 e. The van der Waals surface area contributed by atoms with E-state index >= 15 is 0 Å². The maximum absolute atomic E-state index is 11.7. The van der Waals surface area contributed by atoms with E-state index in [0.717, 1.165) is 0 Å². The highest BCUT2D eigenvalue weighted by atomic mass is 32.3. The third-order valence-electron chi connectivity index (χ3n) is 2.29. The van der Waals surface area contributed by atoms with Gasteiger partial charge < -0.3 is 0 Å². The van der Waals surface area contributed by atoms with Crippen LogP contribution >= 0.6 is 11.3 Å². The van der Waals surface area contributed by atoms with E-state index in [1.165, 1.54) is 11.3 Å². The number of thiophene rings is 1. The molecule has 0 amide bonds. The van der Waals surface area contributed by atoms with Crippen LogP contribution < -0.4 is 0 Å². The lowest BCUT2D eigenvalue weighted by atomic mass is 10.5. The third-order valence-corrected chi connectivity index (χ3v) is 8.81. The van der Waals surface area contributed by atoms with Crippen LogP contribution in [0.4, 0.5) is 0 Å². The van der Waals surface area contributed by atoms with Crippen molar-refractivity contribution in [3.8, 4) is 0 Å². The summed E-state index contributed by atoms with van der Waals surface area (Å²) in [6.07, 6.45) is 0.215. The Labute approximate surface area is 92.8 Å². The molecule has 1 fully saturated rings. The number of hydrogen-bond donors (Lipinski definition) is 0. The molecular weight excluding hydrogens is 256 g/mol. The van der Waals surface area contributed by atoms with E-state index in [1.807, 2.05) is 0 Å². The summed E-state index contributed by atoms with van der Waals surface area (Å²) in [5.41, 5.74) is 0. The first kappa shape index (κ1) is 11.1. The Morgan fingerprint density at radius 1 is 1.13 bits per heavy atom. The summed E-state index contributed by atoms with van der Waals surface area (Å²) in [5.74, 6) is -0.0659. The Hall–Kier alpha value is -0.400. The average Bonchev–Trinajstić information content (AvgIpc) is 2.53. The van der Waals surface area contributed by atoms with Crippen molar-refractivity contribution in [3.05, 3.63) is 22.4 Å². The molecule has 0 bridgehead atoms. The Kier molecular flexibility index (Phi) is 2.64. The molecule has 4 nitrogen and oxygen atoms in total. The molecule has 84 valence electrons. The van der Waals surface area contributed by atoms with E-state index in [1.54, 1.807) is 17.5 Å². The van der Waals surface area contributed by atoms with Crippen LogP contribution in [0.1, 0.15) is 15.9 Å². The normalized spacial score (nSPS) is 25.1. The first-order valence-electron chi connectivity index (χ1n) is 4.40. The zero-order valence-corrected chi connectivity index (χ0v) is 10.2. The van der Waals surface area contributed by atoms with Gasteiger partial charge in [-0.25, -0.2) is 16.8 Å². The van der Waals surface area contributed by atoms with Crippen LogP contribution in [0, 0.1) is 0 Å². The molecule has 1 aromatic rings. The largest absolute Gasteiger partial charge is 0.227 e. The van der Waals surface area contributed by atoms with Crippen LogP contribution in [0.5, 0.6) is 0 Å². The third kappa shape index (κ3) is 1.95. The molecule has 1 aliphatic heterocycles. The summed E-state index contributed by atoms with van der Waals surface area (Å²) in [7, 11) is -7.06. The molecule has 0 unspecified atom stereocenters. The Morgan fingerprint density at radius 2 is 1.73 bits per heavy atom. The van der Waals surface area contributed by atoms with Crippen molar-refractivity contribution in [2.75, 3.05) is 11.5 Å². The van der Waals surface area contributed by atoms with Crippen LogP contribution in [-0.4, -0.2) is 28.3 Å². The van der Waals surface area contributed by atoms with Crippen LogP contribution in [0.3, 0.4) is 0 Å². The molecule has 0 radical (unpaired) electrons. The summed E-state index contributed by atoms with van der Waals surface area (Å²) < 4.78 is 45.6. The fraction of sp³-hybridized carbons (Fsp3) is 0.500. The number of sulfone groups is 2. The van der Waals surface area contributed by atoms with E-state index in [0.29, 0.717) is 4.88 Å². The molecule has 0 saturated carbocycles. The second-order valence-corrected chi connectivity index (χ2v) is 9.12. The summed E-state index contributed by atoms with van der Waals surface area (Å²) in [6, 6.07) is 3.23. The molecule has 0 spiro atoms. The molecule has 1 aliphatic rings. The molecule has 7 heteroatoms. The first-order valence-corrected chi connectivity index (χ1v) is 8.71. The second-order valence-electron chi connectivity index (χ2n) is 3.43. The Morgan fingerprint density at radius 3 is 2.20 bits per heavy atom. The molecular formula is C8H10O4S3. The Balaban J connectivity index is 2.59. The van der Waals surface area contributed by atoms with Crippen LogP contribution in [-0.2, 0) is 19.7 Å². The minimum atomic E-state index is -3.53. The van der Waals surface area contributed by atoms with Crippen molar-refractivity contribution in [2.24, 2.45) is 0 Å². The van der Waals surface area contributed by atoms with Gasteiger partial charge in [0.2, 0.25) is 0 Å². The Bertz CT molecular complexity index is 505. The highest BCUT2D eigenvalue weighted by molar-refractivity contribution is 8.09. The van der Waals surface area contributed by atoms with Gasteiger partial charge >= 0.3 is 0 Å². The average molecular weight is 266 g/mol. The summed E-state index contributed by atoms with van der Waals surface area (Å²) in [4.78, 5) is 0.412. The standard InChI is InChI=1S/C8H10O4S3/c9-14(10)5-2-6-15(11,12)8(14)7-3-1-4-13-7/h1,3-4,8H,2,5-6H2. The highest BCUT2D eigenvalue weighted by Gasteiger charge is 2.42. The van der Waals surface area contributed by atoms with E-state index in [-0.39, 0.29) is 17.9 Å². The van der Waals surface area contributed by atoms with Crippen molar-refractivity contribution in [1.29, 1.82) is 0 Å². The van der Waals surface area contributed by atoms with Gasteiger partial charge in [0, 0.05) is 4.88 Å². The molecule has 0 atom stereocenters. The lowest BCUT2D eigenvalue weighted by molar-refractivity contribution is 0.568. The van der Waals surface area contributed by atoms with E-state index in [9.17, 15) is 16.8 Å². The summed E-state index contributed by atoms with van der Waals surface area (Å²) >= 11 is 1.18. The topological polar surface area (TPSA) is 68.3 Å². The predicted octanol–water partition coefficient (Wildman–Crippen LogP) is 0.980. The van der Waals surface area contributed by atoms with Crippen molar-refractivity contribution in [3.63, 3.8) is 0 Å². The fourth-order valence-corrected chi connectivity index (χ4v) is 8.41. The molecule has 1 saturated heterocycles. The minimum Gasteiger partial charge on any atom is -0.227 e. The first-order chi connectivity index (χ1) is 6.93. The minimum absolute atomic E-state index is 0.0329. The summed E-state index contributed by atoms with van der Waals surface area (Å²) in [5, 5.41) is 1.69. The van der Waals surface area contributed by atoms with E-state index in [4.69, 9.17) is 0 Å². The van der Waals surface area contributed by atoms with E-state index in [2.05, 4.69) is 0 Å². The quantitative estimate of drug-likeness (QED) is 0.760. The van der Waals surface area contributed by atoms with Gasteiger partial charge in [0.15, 0.2) is 24.3 Å². The molecule has 2 rings (SSSR count). The van der Waals surface area contributed by atoms with Crippen LogP contribution in [0.15, 0.2) is 17.5 Å². The highest BCUT2D eigenvalue weighted by Crippen LogP contribution is 2.36. The number of rotatable bonds is 1. The fourth-order valence-electron chi connectivity index (χ4n) is 1.68. The monoisotopic (exact) mass is 266 g/mol. The van der Waals surface area contributed by atoms with Crippen molar-refractivity contribution >= 4 is 31.0 Å². The van der Waals surface area contributed by atoms with Gasteiger partial charge in [-0.1, -0.05) is 6.07 Å². The SMILES string of the molecule is O=S1(=O)CCCS(=O)(=O)C1c1cccs1. The van der Waals surface area contributed by atoms with Gasteiger partial charge in [0.25, 0.3) is 0 Å². The molecule has 15 heavy (non-hydrogen) atoms. The number of hydrogen-bond acceptors (Lipinski definition) is 5. The smallest absolute Gasteiger partial charge is 0.196 e. The molecule has 0 aromatic carbocycles.